The summed E-state index contributed by atoms with van der Waals surface area (Å²) in [5, 5.41) is 3.98. The van der Waals surface area contributed by atoms with Gasteiger partial charge in [-0.05, 0) is 59.6 Å². The monoisotopic (exact) mass is 450 g/mol. The summed E-state index contributed by atoms with van der Waals surface area (Å²) in [7, 11) is 3.13. The van der Waals surface area contributed by atoms with Crippen LogP contribution in [0.3, 0.4) is 0 Å². The summed E-state index contributed by atoms with van der Waals surface area (Å²) >= 11 is 3.45. The molecular weight excluding hydrogens is 428 g/mol. The van der Waals surface area contributed by atoms with E-state index >= 15 is 0 Å². The van der Waals surface area contributed by atoms with E-state index in [-0.39, 0.29) is 5.91 Å². The van der Waals surface area contributed by atoms with Gasteiger partial charge < -0.3 is 18.9 Å². The fourth-order valence-corrected chi connectivity index (χ4v) is 2.87. The average Bonchev–Trinajstić information content (AvgIpc) is 2.69. The Labute approximate surface area is 172 Å². The Balaban J connectivity index is 1.99. The van der Waals surface area contributed by atoms with Gasteiger partial charge in [-0.2, -0.15) is 5.10 Å². The Kier molecular flexibility index (Phi) is 8.13. The molecule has 1 atom stereocenters. The summed E-state index contributed by atoms with van der Waals surface area (Å²) in [5.41, 5.74) is 3.19. The Bertz CT molecular complexity index is 841. The van der Waals surface area contributed by atoms with Crippen molar-refractivity contribution in [2.24, 2.45) is 5.10 Å². The number of nitrogens with one attached hydrogen (secondary N) is 1. The zero-order valence-electron chi connectivity index (χ0n) is 16.2. The van der Waals surface area contributed by atoms with Crippen LogP contribution < -0.4 is 24.4 Å². The van der Waals surface area contributed by atoms with E-state index in [0.29, 0.717) is 29.6 Å². The fourth-order valence-electron chi connectivity index (χ4n) is 2.29. The van der Waals surface area contributed by atoms with Gasteiger partial charge in [-0.3, -0.25) is 4.79 Å². The molecule has 1 N–H and O–H groups in total. The van der Waals surface area contributed by atoms with Crippen LogP contribution in [-0.2, 0) is 4.79 Å². The summed E-state index contributed by atoms with van der Waals surface area (Å²) in [6, 6.07) is 10.6. The molecule has 0 spiro atoms. The lowest BCUT2D eigenvalue weighted by molar-refractivity contribution is -0.127. The van der Waals surface area contributed by atoms with Crippen LogP contribution in [0.15, 0.2) is 46.0 Å². The molecule has 150 valence electrons. The molecular formula is C20H23BrN2O5. The predicted molar refractivity (Wildman–Crippen MR) is 111 cm³/mol. The van der Waals surface area contributed by atoms with E-state index in [0.717, 1.165) is 10.0 Å². The van der Waals surface area contributed by atoms with Crippen molar-refractivity contribution in [2.75, 3.05) is 20.8 Å². The minimum atomic E-state index is -0.731. The van der Waals surface area contributed by atoms with Gasteiger partial charge in [0.1, 0.15) is 11.5 Å². The van der Waals surface area contributed by atoms with Crippen LogP contribution >= 0.6 is 15.9 Å². The lowest BCUT2D eigenvalue weighted by atomic mass is 10.2. The van der Waals surface area contributed by atoms with Crippen LogP contribution in [0.1, 0.15) is 19.4 Å². The SMILES string of the molecule is CCOc1c(Br)cc(/C=N/NC(=O)C(C)Oc2cccc(OC)c2)cc1OC. The normalized spacial score (nSPS) is 11.8. The van der Waals surface area contributed by atoms with E-state index in [2.05, 4.69) is 26.5 Å². The van der Waals surface area contributed by atoms with Gasteiger partial charge in [-0.25, -0.2) is 5.43 Å². The predicted octanol–water partition coefficient (Wildman–Crippen LogP) is 3.78. The van der Waals surface area contributed by atoms with Crippen LogP contribution in [0, 0.1) is 0 Å². The number of hydrogen-bond donors (Lipinski definition) is 1. The number of hydrazone groups is 1. The molecule has 7 nitrogen and oxygen atoms in total. The summed E-state index contributed by atoms with van der Waals surface area (Å²) in [4.78, 5) is 12.2. The molecule has 1 unspecified atom stereocenters. The molecule has 28 heavy (non-hydrogen) atoms. The maximum absolute atomic E-state index is 12.2. The standard InChI is InChI=1S/C20H23BrN2O5/c1-5-27-19-17(21)9-14(10-18(19)26-4)12-22-23-20(24)13(2)28-16-8-6-7-15(11-16)25-3/h6-13H,5H2,1-4H3,(H,23,24)/b22-12+. The van der Waals surface area contributed by atoms with E-state index in [9.17, 15) is 4.79 Å². The van der Waals surface area contributed by atoms with Crippen molar-refractivity contribution >= 4 is 28.1 Å². The number of benzene rings is 2. The third kappa shape index (κ3) is 5.88. The summed E-state index contributed by atoms with van der Waals surface area (Å²) < 4.78 is 22.4. The molecule has 0 radical (unpaired) electrons. The van der Waals surface area contributed by atoms with Crippen LogP contribution in [-0.4, -0.2) is 39.1 Å². The van der Waals surface area contributed by atoms with Crippen molar-refractivity contribution in [2.45, 2.75) is 20.0 Å². The number of nitrogens with zero attached hydrogens (tertiary/aromatic N) is 1. The molecule has 0 heterocycles. The molecule has 2 aromatic carbocycles. The Hall–Kier alpha value is -2.74. The van der Waals surface area contributed by atoms with E-state index in [1.807, 2.05) is 13.0 Å². The molecule has 0 aliphatic carbocycles. The van der Waals surface area contributed by atoms with Crippen molar-refractivity contribution in [1.29, 1.82) is 0 Å². The lowest BCUT2D eigenvalue weighted by Gasteiger charge is -2.13. The van der Waals surface area contributed by atoms with Gasteiger partial charge in [0.25, 0.3) is 5.91 Å². The van der Waals surface area contributed by atoms with Crippen LogP contribution in [0.25, 0.3) is 0 Å². The second-order valence-electron chi connectivity index (χ2n) is 5.64. The number of carbonyl (C=O) groups is 1. The maximum atomic E-state index is 12.2. The van der Waals surface area contributed by atoms with Gasteiger partial charge in [-0.15, -0.1) is 0 Å². The number of halogens is 1. The Morgan fingerprint density at radius 3 is 2.64 bits per heavy atom. The molecule has 2 aromatic rings. The summed E-state index contributed by atoms with van der Waals surface area (Å²) in [6.07, 6.45) is 0.782. The molecule has 2 rings (SSSR count). The quantitative estimate of drug-likeness (QED) is 0.464. The van der Waals surface area contributed by atoms with Crippen LogP contribution in [0.4, 0.5) is 0 Å². The fraction of sp³-hybridized carbons (Fsp3) is 0.300. The average molecular weight is 451 g/mol. The summed E-state index contributed by atoms with van der Waals surface area (Å²) in [6.45, 7) is 4.05. The first-order valence-electron chi connectivity index (χ1n) is 8.62. The van der Waals surface area contributed by atoms with Crippen LogP contribution in [0.5, 0.6) is 23.0 Å². The molecule has 0 saturated carbocycles. The van der Waals surface area contributed by atoms with Crippen molar-refractivity contribution < 1.29 is 23.7 Å². The first kappa shape index (κ1) is 21.6. The van der Waals surface area contributed by atoms with E-state index < -0.39 is 6.10 Å². The third-order valence-corrected chi connectivity index (χ3v) is 4.24. The Morgan fingerprint density at radius 1 is 1.21 bits per heavy atom. The van der Waals surface area contributed by atoms with Gasteiger partial charge in [0.2, 0.25) is 0 Å². The van der Waals surface area contributed by atoms with Gasteiger partial charge in [0.15, 0.2) is 17.6 Å². The van der Waals surface area contributed by atoms with Crippen molar-refractivity contribution in [3.8, 4) is 23.0 Å². The number of rotatable bonds is 9. The van der Waals surface area contributed by atoms with Gasteiger partial charge in [0.05, 0.1) is 31.5 Å². The highest BCUT2D eigenvalue weighted by molar-refractivity contribution is 9.10. The minimum Gasteiger partial charge on any atom is -0.497 e. The number of amides is 1. The topological polar surface area (TPSA) is 78.4 Å². The second kappa shape index (κ2) is 10.6. The van der Waals surface area contributed by atoms with Gasteiger partial charge in [-0.1, -0.05) is 6.07 Å². The van der Waals surface area contributed by atoms with Crippen molar-refractivity contribution in [1.82, 2.24) is 5.43 Å². The molecule has 0 saturated heterocycles. The molecule has 0 fully saturated rings. The van der Waals surface area contributed by atoms with Crippen molar-refractivity contribution in [3.05, 3.63) is 46.4 Å². The highest BCUT2D eigenvalue weighted by Crippen LogP contribution is 2.36. The molecule has 0 bridgehead atoms. The summed E-state index contributed by atoms with van der Waals surface area (Å²) in [5.74, 6) is 1.99. The zero-order valence-corrected chi connectivity index (χ0v) is 17.8. The number of carbonyl (C=O) groups excluding carboxylic acids is 1. The second-order valence-corrected chi connectivity index (χ2v) is 6.49. The molecule has 0 aliphatic heterocycles. The molecule has 1 amide bonds. The maximum Gasteiger partial charge on any atom is 0.280 e. The molecule has 8 heteroatoms. The number of ether oxygens (including phenoxy) is 4. The van der Waals surface area contributed by atoms with Crippen molar-refractivity contribution in [3.63, 3.8) is 0 Å². The zero-order chi connectivity index (χ0) is 20.5. The third-order valence-electron chi connectivity index (χ3n) is 3.65. The molecule has 0 aliphatic rings. The smallest absolute Gasteiger partial charge is 0.280 e. The lowest BCUT2D eigenvalue weighted by Crippen LogP contribution is -2.33. The largest absolute Gasteiger partial charge is 0.497 e. The van der Waals surface area contributed by atoms with Crippen LogP contribution in [0.2, 0.25) is 0 Å². The number of hydrogen-bond acceptors (Lipinski definition) is 6. The minimum absolute atomic E-state index is 0.379. The first-order valence-corrected chi connectivity index (χ1v) is 9.41. The van der Waals surface area contributed by atoms with E-state index in [1.54, 1.807) is 51.5 Å². The van der Waals surface area contributed by atoms with E-state index in [1.165, 1.54) is 6.21 Å². The number of methoxy groups -OCH3 is 2. The highest BCUT2D eigenvalue weighted by atomic mass is 79.9. The van der Waals surface area contributed by atoms with E-state index in [4.69, 9.17) is 18.9 Å². The Morgan fingerprint density at radius 2 is 1.96 bits per heavy atom. The van der Waals surface area contributed by atoms with Gasteiger partial charge >= 0.3 is 0 Å². The highest BCUT2D eigenvalue weighted by Gasteiger charge is 2.14. The first-order chi connectivity index (χ1) is 13.5. The molecule has 0 aromatic heterocycles. The van der Waals surface area contributed by atoms with Gasteiger partial charge in [0, 0.05) is 6.07 Å².